The lowest BCUT2D eigenvalue weighted by Crippen LogP contribution is -2.20. The van der Waals surface area contributed by atoms with Crippen molar-refractivity contribution < 1.29 is 4.74 Å². The van der Waals surface area contributed by atoms with Crippen LogP contribution in [0.4, 0.5) is 0 Å². The van der Waals surface area contributed by atoms with Crippen LogP contribution in [0.15, 0.2) is 30.5 Å². The van der Waals surface area contributed by atoms with E-state index < -0.39 is 8.96 Å². The zero-order valence-electron chi connectivity index (χ0n) is 10.2. The Morgan fingerprint density at radius 1 is 1.19 bits per heavy atom. The van der Waals surface area contributed by atoms with Crippen molar-refractivity contribution in [3.05, 3.63) is 30.5 Å². The molecule has 0 saturated heterocycles. The van der Waals surface area contributed by atoms with Crippen molar-refractivity contribution in [3.8, 4) is 5.75 Å². The minimum atomic E-state index is -0.426. The molecule has 0 unspecified atom stereocenters. The molecule has 16 heavy (non-hydrogen) atoms. The lowest BCUT2D eigenvalue weighted by molar-refractivity contribution is 0.415. The number of fused-ring (bicyclic) bond motifs is 1. The zero-order chi connectivity index (χ0) is 11.5. The summed E-state index contributed by atoms with van der Waals surface area (Å²) in [5.41, 5.74) is 1.35. The van der Waals surface area contributed by atoms with Crippen molar-refractivity contribution in [3.63, 3.8) is 0 Å². The fraction of sp³-hybridized carbons (Fsp3) is 0.385. The molecule has 2 nitrogen and oxygen atoms in total. The van der Waals surface area contributed by atoms with Crippen LogP contribution in [0, 0.1) is 0 Å². The van der Waals surface area contributed by atoms with E-state index in [1.165, 1.54) is 23.0 Å². The van der Waals surface area contributed by atoms with E-state index in [0.717, 1.165) is 5.75 Å². The highest BCUT2D eigenvalue weighted by Gasteiger charge is 2.11. The largest absolute Gasteiger partial charge is 0.497 e. The maximum absolute atomic E-state index is 5.24. The molecule has 2 aromatic rings. The van der Waals surface area contributed by atoms with Gasteiger partial charge in [-0.25, -0.2) is 0 Å². The van der Waals surface area contributed by atoms with Crippen LogP contribution >= 0.6 is 0 Å². The Labute approximate surface area is 98.5 Å². The van der Waals surface area contributed by atoms with Crippen LogP contribution in [0.3, 0.4) is 0 Å². The molecule has 0 atom stereocenters. The van der Waals surface area contributed by atoms with E-state index in [-0.39, 0.29) is 0 Å². The summed E-state index contributed by atoms with van der Waals surface area (Å²) >= 11 is 0. The van der Waals surface area contributed by atoms with Crippen molar-refractivity contribution in [1.82, 2.24) is 4.23 Å². The second-order valence-electron chi connectivity index (χ2n) is 3.88. The molecule has 0 fully saturated rings. The minimum absolute atomic E-state index is 0.426. The summed E-state index contributed by atoms with van der Waals surface area (Å²) in [6.45, 7) is 4.57. The first-order chi connectivity index (χ1) is 7.80. The molecule has 1 aromatic carbocycles. The van der Waals surface area contributed by atoms with E-state index in [2.05, 4.69) is 42.5 Å². The topological polar surface area (TPSA) is 14.2 Å². The van der Waals surface area contributed by atoms with Crippen LogP contribution in [0.2, 0.25) is 12.1 Å². The van der Waals surface area contributed by atoms with E-state index in [9.17, 15) is 0 Å². The first kappa shape index (κ1) is 11.3. The second kappa shape index (κ2) is 4.74. The van der Waals surface area contributed by atoms with Crippen molar-refractivity contribution in [2.75, 3.05) is 7.11 Å². The Balaban J connectivity index is 2.48. The number of nitrogens with zero attached hydrogens (tertiary/aromatic N) is 1. The highest BCUT2D eigenvalue weighted by atomic mass is 28.3. The van der Waals surface area contributed by atoms with Crippen LogP contribution in [-0.2, 0) is 0 Å². The van der Waals surface area contributed by atoms with Crippen LogP contribution in [-0.4, -0.2) is 20.3 Å². The van der Waals surface area contributed by atoms with Crippen LogP contribution < -0.4 is 4.74 Å². The lowest BCUT2D eigenvalue weighted by atomic mass is 10.2. The van der Waals surface area contributed by atoms with Gasteiger partial charge in [-0.15, -0.1) is 0 Å². The van der Waals surface area contributed by atoms with Crippen molar-refractivity contribution in [1.29, 1.82) is 0 Å². The molecule has 1 aromatic heterocycles. The van der Waals surface area contributed by atoms with Gasteiger partial charge in [0.15, 0.2) is 8.96 Å². The molecule has 0 amide bonds. The minimum Gasteiger partial charge on any atom is -0.497 e. The van der Waals surface area contributed by atoms with Gasteiger partial charge >= 0.3 is 0 Å². The molecular formula is C13H18NOSi. The second-order valence-corrected chi connectivity index (χ2v) is 6.91. The molecule has 1 radical (unpaired) electrons. The van der Waals surface area contributed by atoms with Crippen LogP contribution in [0.1, 0.15) is 13.8 Å². The lowest BCUT2D eigenvalue weighted by Gasteiger charge is -2.13. The molecular weight excluding hydrogens is 214 g/mol. The molecule has 0 aliphatic heterocycles. The third kappa shape index (κ3) is 1.87. The normalized spacial score (nSPS) is 11.2. The van der Waals surface area contributed by atoms with Gasteiger partial charge in [0.05, 0.1) is 7.11 Å². The number of ether oxygens (including phenoxy) is 1. The molecule has 0 aliphatic carbocycles. The number of methoxy groups -OCH3 is 1. The monoisotopic (exact) mass is 232 g/mol. The van der Waals surface area contributed by atoms with Gasteiger partial charge < -0.3 is 8.97 Å². The van der Waals surface area contributed by atoms with Gasteiger partial charge in [0.25, 0.3) is 0 Å². The fourth-order valence-electron chi connectivity index (χ4n) is 2.11. The Morgan fingerprint density at radius 2 is 1.94 bits per heavy atom. The average molecular weight is 232 g/mol. The van der Waals surface area contributed by atoms with Crippen LogP contribution in [0.5, 0.6) is 5.75 Å². The molecule has 0 N–H and O–H groups in total. The summed E-state index contributed by atoms with van der Waals surface area (Å²) < 4.78 is 7.72. The van der Waals surface area contributed by atoms with E-state index in [4.69, 9.17) is 4.74 Å². The molecule has 0 spiro atoms. The van der Waals surface area contributed by atoms with Gasteiger partial charge in [0, 0.05) is 10.9 Å². The highest BCUT2D eigenvalue weighted by molar-refractivity contribution is 6.58. The Kier molecular flexibility index (Phi) is 3.34. The average Bonchev–Trinajstić information content (AvgIpc) is 2.74. The first-order valence-corrected chi connectivity index (χ1v) is 7.66. The number of aromatic nitrogens is 1. The molecule has 85 valence electrons. The highest BCUT2D eigenvalue weighted by Crippen LogP contribution is 2.23. The molecule has 0 bridgehead atoms. The molecule has 0 saturated carbocycles. The maximum atomic E-state index is 5.24. The summed E-state index contributed by atoms with van der Waals surface area (Å²) in [5.74, 6) is 0.937. The Hall–Kier alpha value is -1.22. The smallest absolute Gasteiger partial charge is 0.174 e. The van der Waals surface area contributed by atoms with Gasteiger partial charge in [0.2, 0.25) is 0 Å². The SMILES string of the molecule is CC[Si](CC)n1ccc2cc(OC)ccc21. The fourth-order valence-corrected chi connectivity index (χ4v) is 4.13. The van der Waals surface area contributed by atoms with Gasteiger partial charge in [0.1, 0.15) is 5.75 Å². The summed E-state index contributed by atoms with van der Waals surface area (Å²) in [7, 11) is 1.29. The summed E-state index contributed by atoms with van der Waals surface area (Å²) in [6.07, 6.45) is 2.23. The molecule has 2 rings (SSSR count). The number of hydrogen-bond donors (Lipinski definition) is 0. The van der Waals surface area contributed by atoms with Gasteiger partial charge in [-0.1, -0.05) is 13.8 Å². The standard InChI is InChI=1S/C13H18NOSi/c1-4-16(5-2)14-9-8-11-10-12(15-3)6-7-13(11)14/h6-10H,4-5H2,1-3H3. The summed E-state index contributed by atoms with van der Waals surface area (Å²) in [4.78, 5) is 0. The van der Waals surface area contributed by atoms with Gasteiger partial charge in [-0.05, 0) is 42.6 Å². The number of benzene rings is 1. The van der Waals surface area contributed by atoms with Crippen molar-refractivity contribution >= 4 is 19.9 Å². The quantitative estimate of drug-likeness (QED) is 0.736. The number of rotatable bonds is 4. The Morgan fingerprint density at radius 3 is 2.56 bits per heavy atom. The van der Waals surface area contributed by atoms with E-state index in [1.807, 2.05) is 6.07 Å². The maximum Gasteiger partial charge on any atom is 0.174 e. The van der Waals surface area contributed by atoms with Gasteiger partial charge in [-0.2, -0.15) is 0 Å². The third-order valence-corrected chi connectivity index (χ3v) is 5.76. The van der Waals surface area contributed by atoms with Crippen molar-refractivity contribution in [2.24, 2.45) is 0 Å². The number of hydrogen-bond acceptors (Lipinski definition) is 1. The van der Waals surface area contributed by atoms with E-state index in [1.54, 1.807) is 7.11 Å². The third-order valence-electron chi connectivity index (χ3n) is 3.05. The summed E-state index contributed by atoms with van der Waals surface area (Å²) in [5, 5.41) is 1.28. The first-order valence-electron chi connectivity index (χ1n) is 5.80. The summed E-state index contributed by atoms with van der Waals surface area (Å²) in [6, 6.07) is 11.1. The van der Waals surface area contributed by atoms with E-state index >= 15 is 0 Å². The van der Waals surface area contributed by atoms with Crippen LogP contribution in [0.25, 0.3) is 10.9 Å². The Bertz CT molecular complexity index is 474. The molecule has 1 heterocycles. The van der Waals surface area contributed by atoms with Crippen molar-refractivity contribution in [2.45, 2.75) is 25.9 Å². The predicted octanol–water partition coefficient (Wildman–Crippen LogP) is 3.53. The zero-order valence-corrected chi connectivity index (χ0v) is 11.2. The molecule has 0 aliphatic rings. The predicted molar refractivity (Wildman–Crippen MR) is 70.6 cm³/mol. The van der Waals surface area contributed by atoms with E-state index in [0.29, 0.717) is 0 Å². The molecule has 3 heteroatoms. The van der Waals surface area contributed by atoms with Gasteiger partial charge in [-0.3, -0.25) is 0 Å².